The number of carbonyl (C=O) groups is 1. The highest BCUT2D eigenvalue weighted by Gasteiger charge is 2.33. The van der Waals surface area contributed by atoms with Crippen molar-refractivity contribution in [3.8, 4) is 0 Å². The van der Waals surface area contributed by atoms with Crippen LogP contribution in [0.1, 0.15) is 28.8 Å². The predicted molar refractivity (Wildman–Crippen MR) is 64.3 cm³/mol. The van der Waals surface area contributed by atoms with Crippen LogP contribution in [0.3, 0.4) is 0 Å². The first-order valence-electron chi connectivity index (χ1n) is 5.55. The lowest BCUT2D eigenvalue weighted by Gasteiger charge is -2.16. The van der Waals surface area contributed by atoms with Crippen molar-refractivity contribution in [2.45, 2.75) is 19.0 Å². The molecule has 0 bridgehead atoms. The summed E-state index contributed by atoms with van der Waals surface area (Å²) in [6.07, 6.45) is -2.50. The first-order valence-corrected chi connectivity index (χ1v) is 6.35. The molecule has 1 saturated heterocycles. The van der Waals surface area contributed by atoms with Gasteiger partial charge in [-0.05, 0) is 31.0 Å². The molecule has 18 heavy (non-hydrogen) atoms. The lowest BCUT2D eigenvalue weighted by molar-refractivity contribution is -0.138. The zero-order chi connectivity index (χ0) is 13.3. The van der Waals surface area contributed by atoms with Gasteiger partial charge in [0.15, 0.2) is 0 Å². The van der Waals surface area contributed by atoms with E-state index in [1.165, 1.54) is 12.1 Å². The van der Waals surface area contributed by atoms with Crippen LogP contribution in [-0.4, -0.2) is 23.9 Å². The highest BCUT2D eigenvalue weighted by atomic mass is 79.9. The fourth-order valence-electron chi connectivity index (χ4n) is 1.98. The molecule has 0 aliphatic carbocycles. The second-order valence-corrected chi connectivity index (χ2v) is 5.05. The van der Waals surface area contributed by atoms with Gasteiger partial charge in [-0.25, -0.2) is 0 Å². The molecule has 1 amide bonds. The number of carbonyl (C=O) groups excluding carboxylic acids is 1. The van der Waals surface area contributed by atoms with Gasteiger partial charge >= 0.3 is 6.18 Å². The van der Waals surface area contributed by atoms with E-state index in [-0.39, 0.29) is 15.9 Å². The molecule has 0 unspecified atom stereocenters. The predicted octanol–water partition coefficient (Wildman–Crippen LogP) is 3.70. The number of benzene rings is 1. The average molecular weight is 322 g/mol. The number of alkyl halides is 3. The second kappa shape index (κ2) is 4.91. The Morgan fingerprint density at radius 3 is 2.33 bits per heavy atom. The maximum atomic E-state index is 12.6. The van der Waals surface area contributed by atoms with E-state index in [0.717, 1.165) is 18.9 Å². The van der Waals surface area contributed by atoms with Crippen molar-refractivity contribution < 1.29 is 18.0 Å². The molecule has 1 aliphatic rings. The van der Waals surface area contributed by atoms with Crippen molar-refractivity contribution in [3.63, 3.8) is 0 Å². The molecule has 1 aromatic carbocycles. The quantitative estimate of drug-likeness (QED) is 0.772. The third kappa shape index (κ3) is 2.68. The van der Waals surface area contributed by atoms with E-state index in [9.17, 15) is 18.0 Å². The summed E-state index contributed by atoms with van der Waals surface area (Å²) in [5.74, 6) is -0.207. The normalized spacial score (nSPS) is 16.1. The minimum Gasteiger partial charge on any atom is -0.339 e. The molecule has 1 heterocycles. The fourth-order valence-corrected chi connectivity index (χ4v) is 2.58. The third-order valence-electron chi connectivity index (χ3n) is 2.91. The van der Waals surface area contributed by atoms with E-state index >= 15 is 0 Å². The Labute approximate surface area is 111 Å². The van der Waals surface area contributed by atoms with E-state index in [0.29, 0.717) is 13.1 Å². The van der Waals surface area contributed by atoms with Gasteiger partial charge < -0.3 is 4.90 Å². The minimum absolute atomic E-state index is 0.0972. The van der Waals surface area contributed by atoms with Crippen molar-refractivity contribution in [2.24, 2.45) is 0 Å². The Balaban J connectivity index is 2.26. The molecule has 2 nitrogen and oxygen atoms in total. The molecule has 0 radical (unpaired) electrons. The average Bonchev–Trinajstić information content (AvgIpc) is 2.79. The zero-order valence-corrected chi connectivity index (χ0v) is 11.0. The summed E-state index contributed by atoms with van der Waals surface area (Å²) in [7, 11) is 0. The van der Waals surface area contributed by atoms with Crippen molar-refractivity contribution in [2.75, 3.05) is 13.1 Å². The molecule has 0 saturated carbocycles. The molecular formula is C12H11BrF3NO. The van der Waals surface area contributed by atoms with Gasteiger partial charge in [-0.15, -0.1) is 0 Å². The molecule has 0 aromatic heterocycles. The number of amides is 1. The number of nitrogens with zero attached hydrogens (tertiary/aromatic N) is 1. The van der Waals surface area contributed by atoms with Crippen LogP contribution in [0.25, 0.3) is 0 Å². The van der Waals surface area contributed by atoms with Gasteiger partial charge in [-0.1, -0.05) is 15.9 Å². The number of hydrogen-bond acceptors (Lipinski definition) is 1. The molecule has 0 spiro atoms. The summed E-state index contributed by atoms with van der Waals surface area (Å²) in [6, 6.07) is 3.41. The molecule has 1 fully saturated rings. The van der Waals surface area contributed by atoms with Gasteiger partial charge in [0.05, 0.1) is 5.56 Å². The Morgan fingerprint density at radius 2 is 1.83 bits per heavy atom. The highest BCUT2D eigenvalue weighted by molar-refractivity contribution is 9.10. The van der Waals surface area contributed by atoms with Crippen LogP contribution in [-0.2, 0) is 6.18 Å². The van der Waals surface area contributed by atoms with Gasteiger partial charge in [0.2, 0.25) is 0 Å². The molecule has 6 heteroatoms. The summed E-state index contributed by atoms with van der Waals surface area (Å²) in [5.41, 5.74) is -0.475. The van der Waals surface area contributed by atoms with E-state index in [4.69, 9.17) is 0 Å². The molecule has 2 rings (SSSR count). The Kier molecular flexibility index (Phi) is 3.66. The topological polar surface area (TPSA) is 20.3 Å². The smallest absolute Gasteiger partial charge is 0.339 e. The van der Waals surface area contributed by atoms with Gasteiger partial charge in [-0.2, -0.15) is 13.2 Å². The van der Waals surface area contributed by atoms with Gasteiger partial charge in [0.25, 0.3) is 5.91 Å². The Hall–Kier alpha value is -1.04. The van der Waals surface area contributed by atoms with Gasteiger partial charge in [0.1, 0.15) is 0 Å². The lowest BCUT2D eigenvalue weighted by Crippen LogP contribution is -2.27. The van der Waals surface area contributed by atoms with Crippen molar-refractivity contribution >= 4 is 21.8 Å². The molecule has 0 atom stereocenters. The number of halogens is 4. The van der Waals surface area contributed by atoms with Crippen molar-refractivity contribution in [1.82, 2.24) is 4.90 Å². The lowest BCUT2D eigenvalue weighted by atomic mass is 10.1. The van der Waals surface area contributed by atoms with E-state index in [2.05, 4.69) is 15.9 Å². The second-order valence-electron chi connectivity index (χ2n) is 4.19. The molecule has 1 aliphatic heterocycles. The maximum Gasteiger partial charge on any atom is 0.417 e. The van der Waals surface area contributed by atoms with Crippen LogP contribution < -0.4 is 0 Å². The Bertz CT molecular complexity index is 467. The van der Waals surface area contributed by atoms with Crippen LogP contribution in [0.15, 0.2) is 22.7 Å². The number of hydrogen-bond donors (Lipinski definition) is 0. The summed E-state index contributed by atoms with van der Waals surface area (Å²) in [4.78, 5) is 13.6. The van der Waals surface area contributed by atoms with Gasteiger partial charge in [0, 0.05) is 23.1 Å². The van der Waals surface area contributed by atoms with E-state index in [1.807, 2.05) is 0 Å². The largest absolute Gasteiger partial charge is 0.417 e. The minimum atomic E-state index is -4.41. The number of rotatable bonds is 1. The van der Waals surface area contributed by atoms with E-state index < -0.39 is 11.7 Å². The van der Waals surface area contributed by atoms with Crippen LogP contribution in [0.4, 0.5) is 13.2 Å². The standard InChI is InChI=1S/C12H11BrF3NO/c13-10-7-8(3-4-9(10)12(14,15)16)11(18)17-5-1-2-6-17/h3-4,7H,1-2,5-6H2. The Morgan fingerprint density at radius 1 is 1.22 bits per heavy atom. The van der Waals surface area contributed by atoms with Crippen molar-refractivity contribution in [3.05, 3.63) is 33.8 Å². The first-order chi connectivity index (χ1) is 8.39. The van der Waals surface area contributed by atoms with Crippen molar-refractivity contribution in [1.29, 1.82) is 0 Å². The van der Waals surface area contributed by atoms with Gasteiger partial charge in [-0.3, -0.25) is 4.79 Å². The zero-order valence-electron chi connectivity index (χ0n) is 9.43. The summed E-state index contributed by atoms with van der Waals surface area (Å²) in [5, 5.41) is 0. The molecular weight excluding hydrogens is 311 g/mol. The third-order valence-corrected chi connectivity index (χ3v) is 3.57. The molecule has 98 valence electrons. The monoisotopic (exact) mass is 321 g/mol. The van der Waals surface area contributed by atoms with Crippen LogP contribution in [0.2, 0.25) is 0 Å². The highest BCUT2D eigenvalue weighted by Crippen LogP contribution is 2.35. The maximum absolute atomic E-state index is 12.6. The van der Waals surface area contributed by atoms with Crippen LogP contribution in [0.5, 0.6) is 0 Å². The summed E-state index contributed by atoms with van der Waals surface area (Å²) >= 11 is 2.87. The van der Waals surface area contributed by atoms with E-state index in [1.54, 1.807) is 4.90 Å². The number of likely N-dealkylation sites (tertiary alicyclic amines) is 1. The molecule has 1 aromatic rings. The van der Waals surface area contributed by atoms with Crippen LogP contribution >= 0.6 is 15.9 Å². The fraction of sp³-hybridized carbons (Fsp3) is 0.417. The SMILES string of the molecule is O=C(c1ccc(C(F)(F)F)c(Br)c1)N1CCCC1. The summed E-state index contributed by atoms with van der Waals surface area (Å²) < 4.78 is 37.6. The summed E-state index contributed by atoms with van der Waals surface area (Å²) in [6.45, 7) is 1.36. The molecule has 0 N–H and O–H groups in total. The first kappa shape index (κ1) is 13.4. The van der Waals surface area contributed by atoms with Crippen LogP contribution in [0, 0.1) is 0 Å².